The van der Waals surface area contributed by atoms with E-state index in [1.54, 1.807) is 0 Å². The summed E-state index contributed by atoms with van der Waals surface area (Å²) in [7, 11) is 1.33. The maximum Gasteiger partial charge on any atom is 0.220 e. The molecule has 1 amide bonds. The Balaban J connectivity index is 2.19. The zero-order chi connectivity index (χ0) is 7.40. The molecule has 1 aliphatic rings. The van der Waals surface area contributed by atoms with E-state index in [1.165, 1.54) is 9.21 Å². The Morgan fingerprint density at radius 1 is 1.80 bits per heavy atom. The van der Waals surface area contributed by atoms with E-state index in [0.717, 1.165) is 6.42 Å². The molecule has 3 nitrogen and oxygen atoms in total. The van der Waals surface area contributed by atoms with Crippen molar-refractivity contribution in [3.05, 3.63) is 0 Å². The third kappa shape index (κ3) is 2.63. The van der Waals surface area contributed by atoms with Crippen molar-refractivity contribution in [2.24, 2.45) is 0 Å². The molecule has 1 saturated heterocycles. The maximum absolute atomic E-state index is 10.6. The molecule has 0 aromatic heterocycles. The van der Waals surface area contributed by atoms with Gasteiger partial charge in [0, 0.05) is 34.2 Å². The fourth-order valence-corrected chi connectivity index (χ4v) is 1.99. The molecule has 0 aliphatic carbocycles. The number of hydrogen-bond acceptors (Lipinski definition) is 3. The van der Waals surface area contributed by atoms with Crippen LogP contribution in [0.5, 0.6) is 0 Å². The number of piperidine rings is 1. The lowest BCUT2D eigenvalue weighted by molar-refractivity contribution is -0.123. The molecule has 1 heterocycles. The molecule has 0 bridgehead atoms. The minimum Gasteiger partial charge on any atom is -0.353 e. The first-order chi connectivity index (χ1) is 4.83. The zero-order valence-corrected chi connectivity index (χ0v) is 8.28. The van der Waals surface area contributed by atoms with E-state index in [0.29, 0.717) is 13.0 Å². The molecule has 1 N–H and O–H groups in total. The van der Waals surface area contributed by atoms with Gasteiger partial charge in [0.1, 0.15) is 0 Å². The van der Waals surface area contributed by atoms with E-state index in [9.17, 15) is 4.79 Å². The molecular weight excluding hydrogens is 265 g/mol. The average Bonchev–Trinajstić information content (AvgIpc) is 1.95. The van der Waals surface area contributed by atoms with E-state index < -0.39 is 0 Å². The highest BCUT2D eigenvalue weighted by Crippen LogP contribution is 2.19. The second-order valence-corrected chi connectivity index (χ2v) is 3.52. The van der Waals surface area contributed by atoms with Crippen molar-refractivity contribution in [3.63, 3.8) is 0 Å². The predicted molar refractivity (Wildman–Crippen MR) is 48.7 cm³/mol. The van der Waals surface area contributed by atoms with Gasteiger partial charge < -0.3 is 9.50 Å². The van der Waals surface area contributed by atoms with Crippen molar-refractivity contribution in [1.29, 1.82) is 0 Å². The van der Waals surface area contributed by atoms with Crippen LogP contribution in [0.1, 0.15) is 12.8 Å². The van der Waals surface area contributed by atoms with Gasteiger partial charge in [0.25, 0.3) is 0 Å². The van der Waals surface area contributed by atoms with Gasteiger partial charge in [0.05, 0.1) is 15.3 Å². The first-order valence-electron chi connectivity index (χ1n) is 3.03. The van der Waals surface area contributed by atoms with Crippen LogP contribution in [0.15, 0.2) is 0 Å². The number of halogens is 1. The summed E-state index contributed by atoms with van der Waals surface area (Å²) in [4.78, 5) is 10.6. The maximum atomic E-state index is 10.6. The average molecular weight is 273 g/mol. The number of hydrogen-bond donors (Lipinski definition) is 1. The Hall–Kier alpha value is 0.510. The molecule has 0 saturated carbocycles. The van der Waals surface area contributed by atoms with E-state index in [-0.39, 0.29) is 12.0 Å². The lowest BCUT2D eigenvalue weighted by Crippen LogP contribution is -2.38. The molecule has 1 unspecified atom stereocenters. The highest BCUT2D eigenvalue weighted by Gasteiger charge is 2.17. The summed E-state index contributed by atoms with van der Waals surface area (Å²) >= 11 is 2.08. The molecular formula is C5H8INO2S. The second kappa shape index (κ2) is 4.40. The van der Waals surface area contributed by atoms with Gasteiger partial charge in [-0.3, -0.25) is 4.79 Å². The summed E-state index contributed by atoms with van der Waals surface area (Å²) < 4.78 is 5.22. The van der Waals surface area contributed by atoms with Gasteiger partial charge in [-0.1, -0.05) is 0 Å². The van der Waals surface area contributed by atoms with E-state index in [1.807, 2.05) is 0 Å². The van der Waals surface area contributed by atoms with Gasteiger partial charge in [-0.05, 0) is 6.42 Å². The van der Waals surface area contributed by atoms with Crippen LogP contribution >= 0.6 is 30.4 Å². The summed E-state index contributed by atoms with van der Waals surface area (Å²) in [6.45, 7) is 0.662. The van der Waals surface area contributed by atoms with Gasteiger partial charge in [0.2, 0.25) is 5.91 Å². The highest BCUT2D eigenvalue weighted by molar-refractivity contribution is 14.2. The molecule has 0 aromatic rings. The summed E-state index contributed by atoms with van der Waals surface area (Å²) in [5, 5.41) is 2.74. The third-order valence-electron chi connectivity index (χ3n) is 1.39. The Morgan fingerprint density at radius 3 is 3.10 bits per heavy atom. The molecule has 1 aliphatic heterocycles. The first kappa shape index (κ1) is 8.61. The van der Waals surface area contributed by atoms with Crippen molar-refractivity contribution in [2.45, 2.75) is 18.9 Å². The van der Waals surface area contributed by atoms with Gasteiger partial charge in [0.15, 0.2) is 0 Å². The molecule has 10 heavy (non-hydrogen) atoms. The van der Waals surface area contributed by atoms with Crippen molar-refractivity contribution in [3.8, 4) is 0 Å². The third-order valence-corrected chi connectivity index (χ3v) is 2.36. The van der Waals surface area contributed by atoms with E-state index in [2.05, 4.69) is 26.5 Å². The molecule has 0 radical (unpaired) electrons. The smallest absolute Gasteiger partial charge is 0.220 e. The highest BCUT2D eigenvalue weighted by atomic mass is 127. The lowest BCUT2D eigenvalue weighted by atomic mass is 10.1. The van der Waals surface area contributed by atoms with Crippen LogP contribution in [0.25, 0.3) is 0 Å². The number of rotatable bonds is 2. The molecule has 58 valence electrons. The summed E-state index contributed by atoms with van der Waals surface area (Å²) in [5.74, 6) is 0.137. The molecule has 1 rings (SSSR count). The van der Waals surface area contributed by atoms with Crippen LogP contribution in [0.4, 0.5) is 0 Å². The molecule has 1 atom stereocenters. The lowest BCUT2D eigenvalue weighted by Gasteiger charge is -2.20. The SMILES string of the molecule is O=C1CCC(OSI)CN1. The van der Waals surface area contributed by atoms with Crippen LogP contribution in [-0.2, 0) is 8.98 Å². The van der Waals surface area contributed by atoms with Gasteiger partial charge >= 0.3 is 0 Å². The monoisotopic (exact) mass is 273 g/mol. The van der Waals surface area contributed by atoms with Crippen molar-refractivity contribution in [1.82, 2.24) is 5.32 Å². The Labute approximate surface area is 76.1 Å². The normalized spacial score (nSPS) is 26.1. The predicted octanol–water partition coefficient (Wildman–Crippen LogP) is 1.28. The summed E-state index contributed by atoms with van der Waals surface area (Å²) in [5.41, 5.74) is 0. The van der Waals surface area contributed by atoms with Crippen molar-refractivity contribution >= 4 is 36.3 Å². The molecule has 0 aromatic carbocycles. The van der Waals surface area contributed by atoms with Crippen LogP contribution in [-0.4, -0.2) is 18.6 Å². The van der Waals surface area contributed by atoms with Gasteiger partial charge in [-0.2, -0.15) is 0 Å². The zero-order valence-electron chi connectivity index (χ0n) is 5.30. The molecule has 5 heteroatoms. The fraction of sp³-hybridized carbons (Fsp3) is 0.800. The standard InChI is InChI=1S/C5H8INO2S/c6-10-9-4-1-2-5(8)7-3-4/h4H,1-3H2,(H,7,8). The number of carbonyl (C=O) groups excluding carboxylic acids is 1. The molecule has 0 spiro atoms. The van der Waals surface area contributed by atoms with Crippen molar-refractivity contribution in [2.75, 3.05) is 6.54 Å². The van der Waals surface area contributed by atoms with E-state index in [4.69, 9.17) is 4.18 Å². The first-order valence-corrected chi connectivity index (χ1v) is 6.32. The van der Waals surface area contributed by atoms with Gasteiger partial charge in [-0.15, -0.1) is 0 Å². The minimum atomic E-state index is 0.137. The second-order valence-electron chi connectivity index (χ2n) is 2.12. The quantitative estimate of drug-likeness (QED) is 0.608. The fourth-order valence-electron chi connectivity index (χ4n) is 0.844. The molecule has 1 fully saturated rings. The van der Waals surface area contributed by atoms with Gasteiger partial charge in [-0.25, -0.2) is 0 Å². The van der Waals surface area contributed by atoms with E-state index >= 15 is 0 Å². The number of nitrogens with one attached hydrogen (secondary N) is 1. The van der Waals surface area contributed by atoms with Crippen LogP contribution in [0, 0.1) is 0 Å². The summed E-state index contributed by atoms with van der Waals surface area (Å²) in [6, 6.07) is 0. The topological polar surface area (TPSA) is 38.3 Å². The Morgan fingerprint density at radius 2 is 2.60 bits per heavy atom. The largest absolute Gasteiger partial charge is 0.353 e. The minimum absolute atomic E-state index is 0.137. The summed E-state index contributed by atoms with van der Waals surface area (Å²) in [6.07, 6.45) is 1.66. The van der Waals surface area contributed by atoms with Crippen LogP contribution in [0.2, 0.25) is 0 Å². The number of carbonyl (C=O) groups is 1. The van der Waals surface area contributed by atoms with Crippen LogP contribution in [0.3, 0.4) is 0 Å². The Kier molecular flexibility index (Phi) is 3.79. The number of amides is 1. The van der Waals surface area contributed by atoms with Crippen molar-refractivity contribution < 1.29 is 8.98 Å². The van der Waals surface area contributed by atoms with Crippen LogP contribution < -0.4 is 5.32 Å². The Bertz CT molecular complexity index is 123.